The minimum atomic E-state index is -0.0925. The third kappa shape index (κ3) is 3.49. The Morgan fingerprint density at radius 2 is 1.95 bits per heavy atom. The van der Waals surface area contributed by atoms with Gasteiger partial charge in [-0.3, -0.25) is 14.3 Å². The predicted molar refractivity (Wildman–Crippen MR) is 86.2 cm³/mol. The maximum Gasteiger partial charge on any atom is 0.190 e. The van der Waals surface area contributed by atoms with E-state index in [1.807, 2.05) is 13.8 Å². The van der Waals surface area contributed by atoms with Gasteiger partial charge in [0.1, 0.15) is 0 Å². The van der Waals surface area contributed by atoms with Crippen LogP contribution in [0.5, 0.6) is 0 Å². The van der Waals surface area contributed by atoms with E-state index >= 15 is 0 Å². The second-order valence-corrected chi connectivity index (χ2v) is 4.93. The first-order valence-corrected chi connectivity index (χ1v) is 7.13. The van der Waals surface area contributed by atoms with Crippen molar-refractivity contribution in [2.45, 2.75) is 27.3 Å². The van der Waals surface area contributed by atoms with Gasteiger partial charge in [0.15, 0.2) is 11.6 Å². The van der Waals surface area contributed by atoms with Crippen molar-refractivity contribution in [1.29, 1.82) is 0 Å². The topological polar surface area (TPSA) is 64.0 Å². The summed E-state index contributed by atoms with van der Waals surface area (Å²) in [6.07, 6.45) is 4.66. The Labute approximate surface area is 129 Å². The highest BCUT2D eigenvalue weighted by atomic mass is 16.1. The molecule has 5 nitrogen and oxygen atoms in total. The predicted octanol–water partition coefficient (Wildman–Crippen LogP) is 3.22. The van der Waals surface area contributed by atoms with Crippen molar-refractivity contribution < 1.29 is 9.59 Å². The summed E-state index contributed by atoms with van der Waals surface area (Å²) in [6.45, 7) is 6.13. The summed E-state index contributed by atoms with van der Waals surface area (Å²) in [5.74, 6) is -0.0641. The van der Waals surface area contributed by atoms with E-state index in [1.165, 1.54) is 13.0 Å². The number of rotatable bonds is 6. The van der Waals surface area contributed by atoms with Crippen molar-refractivity contribution >= 4 is 17.3 Å². The summed E-state index contributed by atoms with van der Waals surface area (Å²) in [7, 11) is 0. The maximum absolute atomic E-state index is 12.1. The largest absolute Gasteiger partial charge is 0.362 e. The van der Waals surface area contributed by atoms with E-state index in [0.717, 1.165) is 17.9 Å². The molecule has 0 saturated carbocycles. The van der Waals surface area contributed by atoms with Gasteiger partial charge < -0.3 is 5.32 Å². The van der Waals surface area contributed by atoms with Crippen LogP contribution >= 0.6 is 0 Å². The Morgan fingerprint density at radius 1 is 1.27 bits per heavy atom. The SMILES string of the molecule is CCn1ncc(C(=O)/C=C/Nc2ccc(C(C)=O)cc2)c1C. The van der Waals surface area contributed by atoms with Gasteiger partial charge in [0.2, 0.25) is 0 Å². The lowest BCUT2D eigenvalue weighted by Gasteiger charge is -2.02. The third-order valence-electron chi connectivity index (χ3n) is 3.44. The van der Waals surface area contributed by atoms with Gasteiger partial charge in [-0.25, -0.2) is 0 Å². The molecule has 0 bridgehead atoms. The number of hydrogen-bond donors (Lipinski definition) is 1. The number of anilines is 1. The first-order valence-electron chi connectivity index (χ1n) is 7.13. The molecule has 0 saturated heterocycles. The molecule has 2 rings (SSSR count). The molecule has 0 amide bonds. The number of nitrogens with one attached hydrogen (secondary N) is 1. The fourth-order valence-corrected chi connectivity index (χ4v) is 2.11. The average Bonchev–Trinajstić information content (AvgIpc) is 2.88. The molecule has 114 valence electrons. The molecule has 0 unspecified atom stereocenters. The van der Waals surface area contributed by atoms with Gasteiger partial charge in [0.25, 0.3) is 0 Å². The highest BCUT2D eigenvalue weighted by Gasteiger charge is 2.10. The van der Waals surface area contributed by atoms with Crippen molar-refractivity contribution in [2.24, 2.45) is 0 Å². The first-order chi connectivity index (χ1) is 10.5. The zero-order chi connectivity index (χ0) is 16.1. The molecule has 1 heterocycles. The maximum atomic E-state index is 12.1. The van der Waals surface area contributed by atoms with E-state index in [1.54, 1.807) is 41.3 Å². The molecule has 5 heteroatoms. The Morgan fingerprint density at radius 3 is 2.50 bits per heavy atom. The fraction of sp³-hybridized carbons (Fsp3) is 0.235. The average molecular weight is 297 g/mol. The summed E-state index contributed by atoms with van der Waals surface area (Å²) in [4.78, 5) is 23.3. The molecule has 1 aromatic heterocycles. The minimum Gasteiger partial charge on any atom is -0.362 e. The van der Waals surface area contributed by atoms with E-state index < -0.39 is 0 Å². The van der Waals surface area contributed by atoms with E-state index in [9.17, 15) is 9.59 Å². The van der Waals surface area contributed by atoms with Crippen molar-refractivity contribution in [3.63, 3.8) is 0 Å². The van der Waals surface area contributed by atoms with Gasteiger partial charge in [0, 0.05) is 35.8 Å². The molecule has 0 spiro atoms. The molecule has 0 fully saturated rings. The summed E-state index contributed by atoms with van der Waals surface area (Å²) < 4.78 is 1.79. The van der Waals surface area contributed by atoms with Crippen LogP contribution in [0.15, 0.2) is 42.7 Å². The molecule has 0 aliphatic rings. The zero-order valence-electron chi connectivity index (χ0n) is 13.0. The molecule has 0 aliphatic carbocycles. The van der Waals surface area contributed by atoms with Crippen LogP contribution in [0.3, 0.4) is 0 Å². The smallest absolute Gasteiger partial charge is 0.190 e. The van der Waals surface area contributed by atoms with Crippen molar-refractivity contribution in [3.8, 4) is 0 Å². The van der Waals surface area contributed by atoms with Crippen LogP contribution < -0.4 is 5.32 Å². The number of hydrogen-bond acceptors (Lipinski definition) is 4. The summed E-state index contributed by atoms with van der Waals surface area (Å²) in [5, 5.41) is 7.17. The Balaban J connectivity index is 2.01. The van der Waals surface area contributed by atoms with Gasteiger partial charge in [-0.1, -0.05) is 0 Å². The van der Waals surface area contributed by atoms with E-state index in [-0.39, 0.29) is 11.6 Å². The molecule has 22 heavy (non-hydrogen) atoms. The molecule has 0 radical (unpaired) electrons. The van der Waals surface area contributed by atoms with Crippen molar-refractivity contribution in [1.82, 2.24) is 9.78 Å². The van der Waals surface area contributed by atoms with Gasteiger partial charge >= 0.3 is 0 Å². The zero-order valence-corrected chi connectivity index (χ0v) is 13.0. The van der Waals surface area contributed by atoms with Crippen LogP contribution in [-0.2, 0) is 6.54 Å². The number of Topliss-reactive ketones (excluding diaryl/α,β-unsaturated/α-hetero) is 1. The Hall–Kier alpha value is -2.69. The summed E-state index contributed by atoms with van der Waals surface area (Å²) >= 11 is 0. The second kappa shape index (κ2) is 6.85. The number of carbonyl (C=O) groups is 2. The molecule has 1 N–H and O–H groups in total. The van der Waals surface area contributed by atoms with Gasteiger partial charge in [-0.2, -0.15) is 5.10 Å². The summed E-state index contributed by atoms with van der Waals surface area (Å²) in [6, 6.07) is 7.09. The molecule has 1 aromatic carbocycles. The molecule has 0 aliphatic heterocycles. The van der Waals surface area contributed by atoms with E-state index in [4.69, 9.17) is 0 Å². The third-order valence-corrected chi connectivity index (χ3v) is 3.44. The van der Waals surface area contributed by atoms with Crippen molar-refractivity contribution in [3.05, 3.63) is 59.6 Å². The standard InChI is InChI=1S/C17H19N3O2/c1-4-20-12(2)16(11-19-20)17(22)9-10-18-15-7-5-14(6-8-15)13(3)21/h5-11,18H,4H2,1-3H3/b10-9+. The number of aryl methyl sites for hydroxylation is 1. The van der Waals surface area contributed by atoms with Crippen LogP contribution in [0.1, 0.15) is 40.3 Å². The number of nitrogens with zero attached hydrogens (tertiary/aromatic N) is 2. The van der Waals surface area contributed by atoms with E-state index in [2.05, 4.69) is 10.4 Å². The number of carbonyl (C=O) groups excluding carboxylic acids is 2. The van der Waals surface area contributed by atoms with Crippen LogP contribution in [0.25, 0.3) is 0 Å². The quantitative estimate of drug-likeness (QED) is 0.657. The Kier molecular flexibility index (Phi) is 4.88. The number of allylic oxidation sites excluding steroid dienone is 1. The lowest BCUT2D eigenvalue weighted by molar-refractivity contribution is 0.101. The van der Waals surface area contributed by atoms with Crippen LogP contribution in [0.4, 0.5) is 5.69 Å². The number of aromatic nitrogens is 2. The highest BCUT2D eigenvalue weighted by Crippen LogP contribution is 2.11. The Bertz CT molecular complexity index is 712. The van der Waals surface area contributed by atoms with Crippen LogP contribution in [-0.4, -0.2) is 21.3 Å². The number of benzene rings is 1. The normalized spacial score (nSPS) is 10.9. The van der Waals surface area contributed by atoms with Crippen LogP contribution in [0.2, 0.25) is 0 Å². The van der Waals surface area contributed by atoms with Gasteiger partial charge in [-0.15, -0.1) is 0 Å². The molecule has 0 atom stereocenters. The summed E-state index contributed by atoms with van der Waals surface area (Å²) in [5.41, 5.74) is 2.94. The van der Waals surface area contributed by atoms with E-state index in [0.29, 0.717) is 11.1 Å². The highest BCUT2D eigenvalue weighted by molar-refractivity contribution is 6.05. The monoisotopic (exact) mass is 297 g/mol. The number of ketones is 2. The molecular formula is C17H19N3O2. The fourth-order valence-electron chi connectivity index (χ4n) is 2.11. The lowest BCUT2D eigenvalue weighted by Crippen LogP contribution is -2.02. The first kappa shape index (κ1) is 15.7. The minimum absolute atomic E-state index is 0.0284. The molecule has 2 aromatic rings. The van der Waals surface area contributed by atoms with Crippen molar-refractivity contribution in [2.75, 3.05) is 5.32 Å². The van der Waals surface area contributed by atoms with Gasteiger partial charge in [0.05, 0.1) is 11.8 Å². The second-order valence-electron chi connectivity index (χ2n) is 4.93. The van der Waals surface area contributed by atoms with Crippen LogP contribution in [0, 0.1) is 6.92 Å². The lowest BCUT2D eigenvalue weighted by atomic mass is 10.1. The molecular weight excluding hydrogens is 278 g/mol. The van der Waals surface area contributed by atoms with Gasteiger partial charge in [-0.05, 0) is 45.0 Å².